The second kappa shape index (κ2) is 11.6. The summed E-state index contributed by atoms with van der Waals surface area (Å²) in [5, 5.41) is 15.8. The van der Waals surface area contributed by atoms with E-state index in [0.29, 0.717) is 41.9 Å². The highest BCUT2D eigenvalue weighted by molar-refractivity contribution is 8.26. The molecule has 0 spiro atoms. The van der Waals surface area contributed by atoms with Crippen LogP contribution >= 0.6 is 11.8 Å². The topological polar surface area (TPSA) is 96.6 Å². The number of hydrogen-bond donors (Lipinski definition) is 1. The molecule has 2 aliphatic rings. The van der Waals surface area contributed by atoms with Gasteiger partial charge in [-0.2, -0.15) is 15.1 Å². The minimum atomic E-state index is -0.474. The van der Waals surface area contributed by atoms with Crippen molar-refractivity contribution in [3.8, 4) is 17.2 Å². The molecule has 0 bridgehead atoms. The average molecular weight is 541 g/mol. The molecule has 0 atom stereocenters. The number of ether oxygens (including phenoxy) is 3. The maximum Gasteiger partial charge on any atom is 0.283 e. The van der Waals surface area contributed by atoms with Crippen LogP contribution in [0.2, 0.25) is 0 Å². The van der Waals surface area contributed by atoms with E-state index in [2.05, 4.69) is 16.2 Å². The molecule has 0 radical (unpaired) electrons. The average Bonchev–Trinajstić information content (AvgIpc) is 3.33. The first-order valence-corrected chi connectivity index (χ1v) is 13.3. The first kappa shape index (κ1) is 26.2. The molecule has 1 amide bonds. The predicted molar refractivity (Wildman–Crippen MR) is 155 cm³/mol. The molecule has 2 heterocycles. The van der Waals surface area contributed by atoms with E-state index in [0.717, 1.165) is 21.9 Å². The van der Waals surface area contributed by atoms with Crippen molar-refractivity contribution in [3.63, 3.8) is 0 Å². The number of carbonyl (C=O) groups excluding carboxylic acids is 1. The van der Waals surface area contributed by atoms with Gasteiger partial charge < -0.3 is 14.2 Å². The quantitative estimate of drug-likeness (QED) is 0.279. The van der Waals surface area contributed by atoms with E-state index < -0.39 is 5.91 Å². The number of aryl methyl sites for hydroxylation is 2. The minimum Gasteiger partial charge on any atom is -0.493 e. The summed E-state index contributed by atoms with van der Waals surface area (Å²) >= 11 is 1.31. The molecule has 0 aromatic heterocycles. The van der Waals surface area contributed by atoms with E-state index in [1.165, 1.54) is 22.3 Å². The fraction of sp³-hybridized carbons (Fsp3) is 0.200. The lowest BCUT2D eigenvalue weighted by Gasteiger charge is -2.20. The molecular formula is C30H28N4O4S. The number of nitrogens with one attached hydrogen (secondary N) is 1. The van der Waals surface area contributed by atoms with Crippen molar-refractivity contribution in [2.24, 2.45) is 10.1 Å². The van der Waals surface area contributed by atoms with Crippen LogP contribution < -0.4 is 14.2 Å². The Bertz CT molecular complexity index is 1510. The van der Waals surface area contributed by atoms with Crippen LogP contribution in [0.25, 0.3) is 6.08 Å². The summed E-state index contributed by atoms with van der Waals surface area (Å²) in [4.78, 5) is 17.0. The first-order valence-electron chi connectivity index (χ1n) is 12.4. The van der Waals surface area contributed by atoms with Crippen LogP contribution in [-0.4, -0.2) is 47.3 Å². The van der Waals surface area contributed by atoms with Crippen molar-refractivity contribution < 1.29 is 19.0 Å². The van der Waals surface area contributed by atoms with E-state index >= 15 is 0 Å². The Balaban J connectivity index is 1.25. The zero-order chi connectivity index (χ0) is 27.4. The highest BCUT2D eigenvalue weighted by Crippen LogP contribution is 2.32. The molecule has 3 aromatic carbocycles. The molecule has 0 saturated carbocycles. The van der Waals surface area contributed by atoms with Crippen LogP contribution in [-0.2, 0) is 11.2 Å². The molecule has 198 valence electrons. The molecule has 9 heteroatoms. The standard InChI is InChI=1S/C30H28N4O4S/c1-19-9-11-24(20(2)15-19)37-13-14-38-25-12-10-22(17-26(25)36-3)16-23-28(31)34-30(32-29(23)35)39-27(33-34)18-21-7-5-4-6-8-21/h4-12,15-17,31H,13-14,18H2,1-3H3/b23-16-,31-28?. The van der Waals surface area contributed by atoms with Gasteiger partial charge in [-0.25, -0.2) is 0 Å². The molecule has 2 aliphatic heterocycles. The van der Waals surface area contributed by atoms with Crippen LogP contribution in [0.5, 0.6) is 17.2 Å². The van der Waals surface area contributed by atoms with Crippen LogP contribution in [0.1, 0.15) is 22.3 Å². The van der Waals surface area contributed by atoms with E-state index in [1.807, 2.05) is 56.3 Å². The SMILES string of the molecule is COc1cc(/C=C2/C(=N)N3N=C(Cc4ccccc4)SC3=NC2=O)ccc1OCCOc1ccc(C)cc1C. The normalized spacial score (nSPS) is 15.7. The number of nitrogens with zero attached hydrogens (tertiary/aromatic N) is 3. The summed E-state index contributed by atoms with van der Waals surface area (Å²) in [5.41, 5.74) is 4.20. The third-order valence-electron chi connectivity index (χ3n) is 6.12. The zero-order valence-corrected chi connectivity index (χ0v) is 22.7. The Labute approximate surface area is 231 Å². The van der Waals surface area contributed by atoms with Crippen LogP contribution in [0.15, 0.2) is 82.4 Å². The van der Waals surface area contributed by atoms with E-state index in [1.54, 1.807) is 31.4 Å². The number of hydrogen-bond acceptors (Lipinski definition) is 7. The first-order chi connectivity index (χ1) is 18.9. The van der Waals surface area contributed by atoms with Gasteiger partial charge in [-0.05, 0) is 66.6 Å². The van der Waals surface area contributed by atoms with Gasteiger partial charge in [-0.15, -0.1) is 0 Å². The van der Waals surface area contributed by atoms with Gasteiger partial charge in [0.1, 0.15) is 24.0 Å². The highest BCUT2D eigenvalue weighted by atomic mass is 32.2. The molecule has 1 N–H and O–H groups in total. The number of amidine groups is 2. The summed E-state index contributed by atoms with van der Waals surface area (Å²) < 4.78 is 17.3. The van der Waals surface area contributed by atoms with Gasteiger partial charge in [-0.3, -0.25) is 10.2 Å². The fourth-order valence-electron chi connectivity index (χ4n) is 4.20. The molecule has 8 nitrogen and oxygen atoms in total. The van der Waals surface area contributed by atoms with Gasteiger partial charge in [0.2, 0.25) is 5.17 Å². The van der Waals surface area contributed by atoms with Gasteiger partial charge in [0.15, 0.2) is 17.3 Å². The van der Waals surface area contributed by atoms with Crippen LogP contribution in [0, 0.1) is 19.3 Å². The van der Waals surface area contributed by atoms with Crippen molar-refractivity contribution in [2.75, 3.05) is 20.3 Å². The Morgan fingerprint density at radius 1 is 0.949 bits per heavy atom. The Kier molecular flexibility index (Phi) is 7.79. The van der Waals surface area contributed by atoms with Gasteiger partial charge in [0.25, 0.3) is 5.91 Å². The van der Waals surface area contributed by atoms with Crippen molar-refractivity contribution in [3.05, 3.63) is 94.6 Å². The minimum absolute atomic E-state index is 0.0107. The summed E-state index contributed by atoms with van der Waals surface area (Å²) in [6, 6.07) is 21.3. The number of rotatable bonds is 9. The largest absolute Gasteiger partial charge is 0.493 e. The predicted octanol–water partition coefficient (Wildman–Crippen LogP) is 5.63. The molecule has 5 rings (SSSR count). The third kappa shape index (κ3) is 6.04. The van der Waals surface area contributed by atoms with Gasteiger partial charge in [0, 0.05) is 6.42 Å². The molecule has 0 saturated heterocycles. The lowest BCUT2D eigenvalue weighted by Crippen LogP contribution is -2.35. The van der Waals surface area contributed by atoms with Gasteiger partial charge in [-0.1, -0.05) is 54.1 Å². The summed E-state index contributed by atoms with van der Waals surface area (Å²) in [5.74, 6) is 1.41. The molecule has 0 aliphatic carbocycles. The number of methoxy groups -OCH3 is 1. The maximum absolute atomic E-state index is 12.8. The number of benzene rings is 3. The van der Waals surface area contributed by atoms with Crippen molar-refractivity contribution in [1.29, 1.82) is 5.41 Å². The number of aliphatic imine (C=N–C) groups is 1. The van der Waals surface area contributed by atoms with E-state index in [4.69, 9.17) is 19.6 Å². The number of amides is 1. The lowest BCUT2D eigenvalue weighted by molar-refractivity contribution is -0.114. The third-order valence-corrected chi connectivity index (χ3v) is 7.03. The second-order valence-electron chi connectivity index (χ2n) is 9.05. The van der Waals surface area contributed by atoms with Crippen LogP contribution in [0.3, 0.4) is 0 Å². The maximum atomic E-state index is 12.8. The monoisotopic (exact) mass is 540 g/mol. The zero-order valence-electron chi connectivity index (χ0n) is 21.9. The molecular weight excluding hydrogens is 512 g/mol. The Hall–Kier alpha value is -4.37. The number of hydrazone groups is 1. The molecule has 39 heavy (non-hydrogen) atoms. The highest BCUT2D eigenvalue weighted by Gasteiger charge is 2.35. The number of thioether (sulfide) groups is 1. The summed E-state index contributed by atoms with van der Waals surface area (Å²) in [6.45, 7) is 4.78. The van der Waals surface area contributed by atoms with E-state index in [-0.39, 0.29) is 11.4 Å². The smallest absolute Gasteiger partial charge is 0.283 e. The second-order valence-corrected chi connectivity index (χ2v) is 10.1. The van der Waals surface area contributed by atoms with Crippen molar-refractivity contribution in [1.82, 2.24) is 5.01 Å². The van der Waals surface area contributed by atoms with Crippen molar-refractivity contribution >= 4 is 39.8 Å². The van der Waals surface area contributed by atoms with Gasteiger partial charge >= 0.3 is 0 Å². The number of fused-ring (bicyclic) bond motifs is 1. The van der Waals surface area contributed by atoms with Crippen molar-refractivity contribution in [2.45, 2.75) is 20.3 Å². The Morgan fingerprint density at radius 2 is 1.69 bits per heavy atom. The molecule has 0 fully saturated rings. The molecule has 0 unspecified atom stereocenters. The fourth-order valence-corrected chi connectivity index (χ4v) is 5.12. The summed E-state index contributed by atoms with van der Waals surface area (Å²) in [6.07, 6.45) is 2.23. The van der Waals surface area contributed by atoms with E-state index in [9.17, 15) is 4.79 Å². The number of carbonyl (C=O) groups is 1. The van der Waals surface area contributed by atoms with Gasteiger partial charge in [0.05, 0.1) is 12.7 Å². The molecule has 3 aromatic rings. The summed E-state index contributed by atoms with van der Waals surface area (Å²) in [7, 11) is 1.56. The lowest BCUT2D eigenvalue weighted by atomic mass is 10.1. The Morgan fingerprint density at radius 3 is 2.44 bits per heavy atom. The van der Waals surface area contributed by atoms with Crippen LogP contribution in [0.4, 0.5) is 0 Å².